The summed E-state index contributed by atoms with van der Waals surface area (Å²) in [6.07, 6.45) is 3.46. The highest BCUT2D eigenvalue weighted by atomic mass is 16.5. The molecule has 37 heavy (non-hydrogen) atoms. The lowest BCUT2D eigenvalue weighted by Gasteiger charge is -2.17. The van der Waals surface area contributed by atoms with Crippen molar-refractivity contribution in [3.63, 3.8) is 0 Å². The summed E-state index contributed by atoms with van der Waals surface area (Å²) in [6.45, 7) is 2.80. The number of aromatic nitrogens is 2. The zero-order valence-corrected chi connectivity index (χ0v) is 21.7. The predicted molar refractivity (Wildman–Crippen MR) is 149 cm³/mol. The number of hydrogen-bond acceptors (Lipinski definition) is 6. The first-order valence-corrected chi connectivity index (χ1v) is 12.4. The van der Waals surface area contributed by atoms with Gasteiger partial charge in [0.1, 0.15) is 11.6 Å². The highest BCUT2D eigenvalue weighted by Gasteiger charge is 2.16. The van der Waals surface area contributed by atoms with Gasteiger partial charge < -0.3 is 19.5 Å². The van der Waals surface area contributed by atoms with Crippen LogP contribution in [0.5, 0.6) is 17.2 Å². The molecule has 5 rings (SSSR count). The van der Waals surface area contributed by atoms with E-state index in [2.05, 4.69) is 36.5 Å². The second-order valence-electron chi connectivity index (χ2n) is 8.91. The molecule has 0 atom stereocenters. The molecule has 0 saturated carbocycles. The molecule has 1 N–H and O–H groups in total. The van der Waals surface area contributed by atoms with Crippen LogP contribution in [0.15, 0.2) is 72.9 Å². The maximum Gasteiger partial charge on any atom is 0.161 e. The van der Waals surface area contributed by atoms with Crippen molar-refractivity contribution in [2.75, 3.05) is 26.6 Å². The molecule has 0 bridgehead atoms. The molecule has 6 nitrogen and oxygen atoms in total. The number of aryl methyl sites for hydroxylation is 1. The van der Waals surface area contributed by atoms with E-state index in [4.69, 9.17) is 24.2 Å². The van der Waals surface area contributed by atoms with Crippen LogP contribution in [-0.4, -0.2) is 31.3 Å². The van der Waals surface area contributed by atoms with E-state index in [0.29, 0.717) is 24.5 Å². The van der Waals surface area contributed by atoms with Gasteiger partial charge in [-0.15, -0.1) is 0 Å². The zero-order valence-electron chi connectivity index (χ0n) is 21.7. The Labute approximate surface area is 217 Å². The fourth-order valence-corrected chi connectivity index (χ4v) is 4.70. The summed E-state index contributed by atoms with van der Waals surface area (Å²) < 4.78 is 16.7. The number of anilines is 1. The molecule has 0 aliphatic carbocycles. The van der Waals surface area contributed by atoms with Gasteiger partial charge in [-0.1, -0.05) is 37.3 Å². The van der Waals surface area contributed by atoms with Crippen LogP contribution in [0.1, 0.15) is 29.3 Å². The second-order valence-corrected chi connectivity index (χ2v) is 8.91. The monoisotopic (exact) mass is 493 g/mol. The van der Waals surface area contributed by atoms with Crippen molar-refractivity contribution in [2.45, 2.75) is 26.3 Å². The second kappa shape index (κ2) is 10.7. The van der Waals surface area contributed by atoms with Crippen LogP contribution in [0.25, 0.3) is 21.7 Å². The van der Waals surface area contributed by atoms with Crippen molar-refractivity contribution >= 4 is 27.5 Å². The summed E-state index contributed by atoms with van der Waals surface area (Å²) in [4.78, 5) is 9.81. The van der Waals surface area contributed by atoms with E-state index < -0.39 is 0 Å². The lowest BCUT2D eigenvalue weighted by molar-refractivity contribution is 0.356. The Hall–Kier alpha value is -4.32. The summed E-state index contributed by atoms with van der Waals surface area (Å²) in [5, 5.41) is 6.78. The minimum atomic E-state index is 0.653. The van der Waals surface area contributed by atoms with Crippen LogP contribution in [-0.2, 0) is 19.4 Å². The molecule has 6 heteroatoms. The Kier molecular flexibility index (Phi) is 7.08. The zero-order chi connectivity index (χ0) is 25.8. The van der Waals surface area contributed by atoms with E-state index in [-0.39, 0.29) is 0 Å². The standard InChI is InChI=1S/C31H31N3O3/c1-5-27-26-17-30(37-4)29(36-3)16-25(26)23(19-32-27)14-22-13-21-15-24(35-2)11-12-28(21)34-31(22)33-18-20-9-7-6-8-10-20/h6-13,15-17,19H,5,14,18H2,1-4H3,(H,33,34). The average molecular weight is 494 g/mol. The van der Waals surface area contributed by atoms with Gasteiger partial charge in [0.25, 0.3) is 0 Å². The minimum absolute atomic E-state index is 0.653. The summed E-state index contributed by atoms with van der Waals surface area (Å²) in [6, 6.07) is 22.6. The quantitative estimate of drug-likeness (QED) is 0.250. The lowest BCUT2D eigenvalue weighted by atomic mass is 9.97. The van der Waals surface area contributed by atoms with E-state index in [0.717, 1.165) is 56.5 Å². The largest absolute Gasteiger partial charge is 0.497 e. The van der Waals surface area contributed by atoms with Crippen LogP contribution in [0, 0.1) is 0 Å². The molecule has 3 aromatic carbocycles. The molecule has 5 aromatic rings. The average Bonchev–Trinajstić information content (AvgIpc) is 2.95. The molecule has 188 valence electrons. The number of ether oxygens (including phenoxy) is 3. The van der Waals surface area contributed by atoms with Gasteiger partial charge in [-0.2, -0.15) is 0 Å². The fraction of sp³-hybridized carbons (Fsp3) is 0.226. The van der Waals surface area contributed by atoms with Gasteiger partial charge in [0.15, 0.2) is 11.5 Å². The van der Waals surface area contributed by atoms with E-state index in [9.17, 15) is 0 Å². The highest BCUT2D eigenvalue weighted by molar-refractivity contribution is 5.91. The number of benzene rings is 3. The number of nitrogens with one attached hydrogen (secondary N) is 1. The molecule has 0 spiro atoms. The van der Waals surface area contributed by atoms with Gasteiger partial charge in [-0.05, 0) is 64.9 Å². The maximum atomic E-state index is 5.63. The fourth-order valence-electron chi connectivity index (χ4n) is 4.70. The molecule has 0 aliphatic rings. The van der Waals surface area contributed by atoms with Gasteiger partial charge in [-0.3, -0.25) is 4.98 Å². The summed E-state index contributed by atoms with van der Waals surface area (Å²) >= 11 is 0. The van der Waals surface area contributed by atoms with Crippen molar-refractivity contribution in [1.82, 2.24) is 9.97 Å². The topological polar surface area (TPSA) is 65.5 Å². The molecule has 2 heterocycles. The van der Waals surface area contributed by atoms with Gasteiger partial charge in [0.2, 0.25) is 0 Å². The Balaban J connectivity index is 1.62. The van der Waals surface area contributed by atoms with E-state index in [1.807, 2.05) is 48.7 Å². The minimum Gasteiger partial charge on any atom is -0.497 e. The number of methoxy groups -OCH3 is 3. The molecule has 0 radical (unpaired) electrons. The number of nitrogens with zero attached hydrogens (tertiary/aromatic N) is 2. The van der Waals surface area contributed by atoms with Crippen LogP contribution < -0.4 is 19.5 Å². The van der Waals surface area contributed by atoms with Crippen molar-refractivity contribution in [1.29, 1.82) is 0 Å². The molecule has 2 aromatic heterocycles. The van der Waals surface area contributed by atoms with Crippen LogP contribution in [0.2, 0.25) is 0 Å². The Morgan fingerprint density at radius 1 is 0.784 bits per heavy atom. The first-order valence-electron chi connectivity index (χ1n) is 12.4. The third-order valence-electron chi connectivity index (χ3n) is 6.68. The lowest BCUT2D eigenvalue weighted by Crippen LogP contribution is -2.06. The number of hydrogen-bond donors (Lipinski definition) is 1. The van der Waals surface area contributed by atoms with Crippen molar-refractivity contribution in [2.24, 2.45) is 0 Å². The SMILES string of the molecule is CCc1ncc(Cc2cc3cc(OC)ccc3nc2NCc2ccccc2)c2cc(OC)c(OC)cc12. The van der Waals surface area contributed by atoms with Crippen LogP contribution >= 0.6 is 0 Å². The first-order chi connectivity index (χ1) is 18.1. The molecular weight excluding hydrogens is 462 g/mol. The summed E-state index contributed by atoms with van der Waals surface area (Å²) in [5.41, 5.74) is 5.32. The van der Waals surface area contributed by atoms with Crippen LogP contribution in [0.4, 0.5) is 5.82 Å². The van der Waals surface area contributed by atoms with Gasteiger partial charge >= 0.3 is 0 Å². The predicted octanol–water partition coefficient (Wildman–Crippen LogP) is 6.57. The van der Waals surface area contributed by atoms with Gasteiger partial charge in [0, 0.05) is 35.6 Å². The smallest absolute Gasteiger partial charge is 0.161 e. The third-order valence-corrected chi connectivity index (χ3v) is 6.68. The summed E-state index contributed by atoms with van der Waals surface area (Å²) in [5.74, 6) is 3.07. The Morgan fingerprint density at radius 2 is 1.54 bits per heavy atom. The van der Waals surface area contributed by atoms with Crippen LogP contribution in [0.3, 0.4) is 0 Å². The number of fused-ring (bicyclic) bond motifs is 2. The Bertz CT molecular complexity index is 1550. The van der Waals surface area contributed by atoms with Crippen molar-refractivity contribution in [3.8, 4) is 17.2 Å². The maximum absolute atomic E-state index is 5.63. The van der Waals surface area contributed by atoms with Gasteiger partial charge in [0.05, 0.1) is 26.8 Å². The van der Waals surface area contributed by atoms with E-state index in [1.165, 1.54) is 5.56 Å². The number of pyridine rings is 2. The Morgan fingerprint density at radius 3 is 2.24 bits per heavy atom. The highest BCUT2D eigenvalue weighted by Crippen LogP contribution is 2.36. The molecular formula is C31H31N3O3. The number of rotatable bonds is 9. The third kappa shape index (κ3) is 5.00. The molecule has 0 unspecified atom stereocenters. The molecule has 0 aliphatic heterocycles. The van der Waals surface area contributed by atoms with Gasteiger partial charge in [-0.25, -0.2) is 4.98 Å². The van der Waals surface area contributed by atoms with E-state index in [1.54, 1.807) is 21.3 Å². The first kappa shape index (κ1) is 24.4. The molecule has 0 fully saturated rings. The molecule has 0 saturated heterocycles. The van der Waals surface area contributed by atoms with Crippen molar-refractivity contribution < 1.29 is 14.2 Å². The van der Waals surface area contributed by atoms with Crippen molar-refractivity contribution in [3.05, 3.63) is 95.3 Å². The normalized spacial score (nSPS) is 11.0. The van der Waals surface area contributed by atoms with E-state index >= 15 is 0 Å². The molecule has 0 amide bonds. The summed E-state index contributed by atoms with van der Waals surface area (Å²) in [7, 11) is 5.00.